The van der Waals surface area contributed by atoms with E-state index in [-0.39, 0.29) is 0 Å². The second kappa shape index (κ2) is 4.75. The highest BCUT2D eigenvalue weighted by Crippen LogP contribution is 2.43. The van der Waals surface area contributed by atoms with E-state index in [1.165, 1.54) is 33.3 Å². The van der Waals surface area contributed by atoms with Crippen molar-refractivity contribution in [1.82, 2.24) is 4.57 Å². The Bertz CT molecular complexity index is 1010. The quantitative estimate of drug-likeness (QED) is 0.463. The number of fused-ring (bicyclic) bond motifs is 5. The molecule has 4 aromatic rings. The number of benzene rings is 3. The van der Waals surface area contributed by atoms with Gasteiger partial charge >= 0.3 is 0 Å². The topological polar surface area (TPSA) is 14.2 Å². The minimum Gasteiger partial charge on any atom is -0.472 e. The minimum absolute atomic E-state index is 0.564. The fraction of sp³-hybridized carbons (Fsp3) is 0.0476. The second-order valence-electron chi connectivity index (χ2n) is 5.83. The molecule has 2 heteroatoms. The number of ether oxygens (including phenoxy) is 1. The van der Waals surface area contributed by atoms with Crippen LogP contribution >= 0.6 is 0 Å². The molecule has 0 atom stereocenters. The maximum Gasteiger partial charge on any atom is 0.165 e. The smallest absolute Gasteiger partial charge is 0.165 e. The molecule has 23 heavy (non-hydrogen) atoms. The van der Waals surface area contributed by atoms with Gasteiger partial charge in [-0.05, 0) is 29.3 Å². The lowest BCUT2D eigenvalue weighted by atomic mass is 9.96. The average Bonchev–Trinajstić information content (AvgIpc) is 3.01. The first-order valence-corrected chi connectivity index (χ1v) is 7.82. The molecule has 110 valence electrons. The lowest BCUT2D eigenvalue weighted by molar-refractivity contribution is 0.235. The molecule has 0 radical (unpaired) electrons. The molecule has 0 spiro atoms. The fourth-order valence-corrected chi connectivity index (χ4v) is 3.46. The van der Waals surface area contributed by atoms with Crippen LogP contribution in [0.3, 0.4) is 0 Å². The SMILES string of the molecule is c1ccc(-c2cccc3c2-c2cc4ccccc4n2CO3)cc1. The summed E-state index contributed by atoms with van der Waals surface area (Å²) in [4.78, 5) is 0. The molecule has 5 rings (SSSR count). The molecule has 2 heterocycles. The third kappa shape index (κ3) is 1.82. The van der Waals surface area contributed by atoms with Crippen molar-refractivity contribution < 1.29 is 4.74 Å². The van der Waals surface area contributed by atoms with Crippen molar-refractivity contribution in [3.8, 4) is 28.1 Å². The van der Waals surface area contributed by atoms with Gasteiger partial charge in [-0.1, -0.05) is 60.7 Å². The second-order valence-corrected chi connectivity index (χ2v) is 5.83. The van der Waals surface area contributed by atoms with Gasteiger partial charge in [0.1, 0.15) is 5.75 Å². The molecular weight excluding hydrogens is 282 g/mol. The monoisotopic (exact) mass is 297 g/mol. The van der Waals surface area contributed by atoms with Gasteiger partial charge in [0.15, 0.2) is 6.73 Å². The van der Waals surface area contributed by atoms with E-state index in [0.29, 0.717) is 6.73 Å². The molecule has 0 amide bonds. The number of nitrogens with zero attached hydrogens (tertiary/aromatic N) is 1. The zero-order chi connectivity index (χ0) is 15.2. The normalized spacial score (nSPS) is 12.5. The van der Waals surface area contributed by atoms with Crippen LogP contribution in [0.1, 0.15) is 0 Å². The Labute approximate surface area is 134 Å². The van der Waals surface area contributed by atoms with E-state index in [4.69, 9.17) is 4.74 Å². The Morgan fingerprint density at radius 2 is 1.61 bits per heavy atom. The first-order valence-electron chi connectivity index (χ1n) is 7.82. The summed E-state index contributed by atoms with van der Waals surface area (Å²) >= 11 is 0. The summed E-state index contributed by atoms with van der Waals surface area (Å²) in [5, 5.41) is 1.25. The van der Waals surface area contributed by atoms with Crippen LogP contribution in [0.4, 0.5) is 0 Å². The first kappa shape index (κ1) is 12.5. The summed E-state index contributed by atoms with van der Waals surface area (Å²) in [6, 6.07) is 27.5. The minimum atomic E-state index is 0.564. The molecule has 0 aliphatic carbocycles. The highest BCUT2D eigenvalue weighted by Gasteiger charge is 2.22. The molecule has 0 N–H and O–H groups in total. The van der Waals surface area contributed by atoms with E-state index in [2.05, 4.69) is 77.4 Å². The summed E-state index contributed by atoms with van der Waals surface area (Å²) in [7, 11) is 0. The molecule has 0 bridgehead atoms. The molecule has 2 nitrogen and oxygen atoms in total. The van der Waals surface area contributed by atoms with Gasteiger partial charge in [-0.2, -0.15) is 0 Å². The Morgan fingerprint density at radius 3 is 2.52 bits per heavy atom. The highest BCUT2D eigenvalue weighted by atomic mass is 16.5. The molecule has 0 unspecified atom stereocenters. The summed E-state index contributed by atoms with van der Waals surface area (Å²) in [5.74, 6) is 0.960. The van der Waals surface area contributed by atoms with E-state index in [1.54, 1.807) is 0 Å². The van der Waals surface area contributed by atoms with Crippen LogP contribution in [-0.2, 0) is 6.73 Å². The lowest BCUT2D eigenvalue weighted by Gasteiger charge is -2.23. The standard InChI is InChI=1S/C21H15NO/c1-2-7-15(8-3-1)17-10-6-12-20-21(17)19-13-16-9-4-5-11-18(16)22(19)14-23-20/h1-13H,14H2. The van der Waals surface area contributed by atoms with E-state index in [1.807, 2.05) is 6.07 Å². The summed E-state index contributed by atoms with van der Waals surface area (Å²) in [6.07, 6.45) is 0. The first-order chi connectivity index (χ1) is 11.4. The van der Waals surface area contributed by atoms with Crippen molar-refractivity contribution >= 4 is 10.9 Å². The molecule has 0 saturated carbocycles. The van der Waals surface area contributed by atoms with Gasteiger partial charge < -0.3 is 9.30 Å². The predicted molar refractivity (Wildman–Crippen MR) is 93.4 cm³/mol. The van der Waals surface area contributed by atoms with Crippen LogP contribution in [-0.4, -0.2) is 4.57 Å². The van der Waals surface area contributed by atoms with Crippen molar-refractivity contribution in [3.05, 3.63) is 78.9 Å². The molecule has 1 aliphatic heterocycles. The maximum absolute atomic E-state index is 6.04. The Hall–Kier alpha value is -3.00. The molecule has 1 aromatic heterocycles. The molecule has 3 aromatic carbocycles. The van der Waals surface area contributed by atoms with E-state index < -0.39 is 0 Å². The van der Waals surface area contributed by atoms with E-state index in [9.17, 15) is 0 Å². The van der Waals surface area contributed by atoms with Gasteiger partial charge in [-0.3, -0.25) is 0 Å². The van der Waals surface area contributed by atoms with Crippen molar-refractivity contribution in [2.24, 2.45) is 0 Å². The van der Waals surface area contributed by atoms with E-state index >= 15 is 0 Å². The van der Waals surface area contributed by atoms with Crippen LogP contribution in [0.15, 0.2) is 78.9 Å². The Kier molecular flexibility index (Phi) is 2.59. The molecular formula is C21H15NO. The van der Waals surface area contributed by atoms with Crippen molar-refractivity contribution in [2.45, 2.75) is 6.73 Å². The van der Waals surface area contributed by atoms with E-state index in [0.717, 1.165) is 5.75 Å². The number of hydrogen-bond donors (Lipinski definition) is 0. The third-order valence-electron chi connectivity index (χ3n) is 4.53. The fourth-order valence-electron chi connectivity index (χ4n) is 3.46. The number of hydrogen-bond acceptors (Lipinski definition) is 1. The summed E-state index contributed by atoms with van der Waals surface area (Å²) in [5.41, 5.74) is 6.06. The van der Waals surface area contributed by atoms with Crippen molar-refractivity contribution in [3.63, 3.8) is 0 Å². The molecule has 0 saturated heterocycles. The highest BCUT2D eigenvalue weighted by molar-refractivity contribution is 5.94. The zero-order valence-corrected chi connectivity index (χ0v) is 12.6. The predicted octanol–water partition coefficient (Wildman–Crippen LogP) is 5.33. The number of aromatic nitrogens is 1. The Balaban J connectivity index is 1.84. The van der Waals surface area contributed by atoms with Gasteiger partial charge in [0, 0.05) is 10.9 Å². The summed E-state index contributed by atoms with van der Waals surface area (Å²) < 4.78 is 8.30. The van der Waals surface area contributed by atoms with Gasteiger partial charge in [0.25, 0.3) is 0 Å². The van der Waals surface area contributed by atoms with Gasteiger partial charge in [0.2, 0.25) is 0 Å². The van der Waals surface area contributed by atoms with Gasteiger partial charge in [-0.25, -0.2) is 0 Å². The van der Waals surface area contributed by atoms with Crippen LogP contribution in [0.2, 0.25) is 0 Å². The van der Waals surface area contributed by atoms with Crippen LogP contribution in [0, 0.1) is 0 Å². The van der Waals surface area contributed by atoms with Gasteiger partial charge in [0.05, 0.1) is 11.2 Å². The number of para-hydroxylation sites is 1. The van der Waals surface area contributed by atoms with Crippen LogP contribution in [0.25, 0.3) is 33.3 Å². The average molecular weight is 297 g/mol. The zero-order valence-electron chi connectivity index (χ0n) is 12.6. The molecule has 1 aliphatic rings. The maximum atomic E-state index is 6.04. The van der Waals surface area contributed by atoms with Crippen LogP contribution in [0.5, 0.6) is 5.75 Å². The Morgan fingerprint density at radius 1 is 0.783 bits per heavy atom. The third-order valence-corrected chi connectivity index (χ3v) is 4.53. The van der Waals surface area contributed by atoms with Crippen molar-refractivity contribution in [2.75, 3.05) is 0 Å². The number of rotatable bonds is 1. The van der Waals surface area contributed by atoms with Gasteiger partial charge in [-0.15, -0.1) is 0 Å². The summed E-state index contributed by atoms with van der Waals surface area (Å²) in [6.45, 7) is 0.564. The largest absolute Gasteiger partial charge is 0.472 e. The molecule has 0 fully saturated rings. The van der Waals surface area contributed by atoms with Crippen molar-refractivity contribution in [1.29, 1.82) is 0 Å². The lowest BCUT2D eigenvalue weighted by Crippen LogP contribution is -2.12. The van der Waals surface area contributed by atoms with Crippen LogP contribution < -0.4 is 4.74 Å².